The fourth-order valence-corrected chi connectivity index (χ4v) is 5.49. The molecule has 0 radical (unpaired) electrons. The number of hydrogen-bond donors (Lipinski definition) is 1. The van der Waals surface area contributed by atoms with Gasteiger partial charge in [0.2, 0.25) is 0 Å². The standard InChI is InChI=1S/C15H15Br2N3S/c1-18-11(9-7-13(16)21-15(9)17)8-14-19-10-5-3-4-6-12(10)20(14)2/h3-7,11,18H,8H2,1-2H3. The summed E-state index contributed by atoms with van der Waals surface area (Å²) in [5, 5.41) is 3.40. The van der Waals surface area contributed by atoms with Crippen LogP contribution in [-0.2, 0) is 13.5 Å². The van der Waals surface area contributed by atoms with Gasteiger partial charge in [0.1, 0.15) is 5.82 Å². The Kier molecular flexibility index (Phi) is 4.49. The number of halogens is 2. The average Bonchev–Trinajstić information content (AvgIpc) is 2.97. The van der Waals surface area contributed by atoms with Crippen molar-refractivity contribution in [2.24, 2.45) is 7.05 Å². The fraction of sp³-hybridized carbons (Fsp3) is 0.267. The number of thiophene rings is 1. The summed E-state index contributed by atoms with van der Waals surface area (Å²) in [6.07, 6.45) is 0.851. The minimum absolute atomic E-state index is 0.234. The topological polar surface area (TPSA) is 29.9 Å². The molecule has 3 aromatic rings. The number of aryl methyl sites for hydroxylation is 1. The van der Waals surface area contributed by atoms with E-state index in [-0.39, 0.29) is 6.04 Å². The van der Waals surface area contributed by atoms with Crippen molar-refractivity contribution >= 4 is 54.2 Å². The fourth-order valence-electron chi connectivity index (χ4n) is 2.52. The van der Waals surface area contributed by atoms with Gasteiger partial charge in [0.05, 0.1) is 18.6 Å². The van der Waals surface area contributed by atoms with Gasteiger partial charge in [-0.3, -0.25) is 0 Å². The second kappa shape index (κ2) is 6.20. The number of nitrogens with zero attached hydrogens (tertiary/aromatic N) is 2. The van der Waals surface area contributed by atoms with E-state index < -0.39 is 0 Å². The highest BCUT2D eigenvalue weighted by Gasteiger charge is 2.19. The Hall–Kier alpha value is -0.690. The molecule has 1 unspecified atom stereocenters. The predicted octanol–water partition coefficient (Wildman–Crippen LogP) is 4.66. The van der Waals surface area contributed by atoms with Crippen molar-refractivity contribution in [1.82, 2.24) is 14.9 Å². The van der Waals surface area contributed by atoms with Crippen LogP contribution in [0.4, 0.5) is 0 Å². The molecular formula is C15H15Br2N3S. The zero-order valence-electron chi connectivity index (χ0n) is 11.7. The summed E-state index contributed by atoms with van der Waals surface area (Å²) >= 11 is 8.89. The van der Waals surface area contributed by atoms with Crippen LogP contribution in [0, 0.1) is 0 Å². The second-order valence-electron chi connectivity index (χ2n) is 4.90. The monoisotopic (exact) mass is 427 g/mol. The molecule has 0 bridgehead atoms. The Morgan fingerprint density at radius 1 is 1.33 bits per heavy atom. The summed E-state index contributed by atoms with van der Waals surface area (Å²) in [4.78, 5) is 4.76. The highest BCUT2D eigenvalue weighted by atomic mass is 79.9. The van der Waals surface area contributed by atoms with Gasteiger partial charge in [0.15, 0.2) is 0 Å². The highest BCUT2D eigenvalue weighted by molar-refractivity contribution is 9.12. The molecule has 0 aliphatic carbocycles. The first-order valence-corrected chi connectivity index (χ1v) is 9.02. The van der Waals surface area contributed by atoms with Gasteiger partial charge >= 0.3 is 0 Å². The van der Waals surface area contributed by atoms with Gasteiger partial charge in [0.25, 0.3) is 0 Å². The summed E-state index contributed by atoms with van der Waals surface area (Å²) in [5.74, 6) is 1.09. The lowest BCUT2D eigenvalue weighted by atomic mass is 10.1. The molecule has 0 saturated heterocycles. The van der Waals surface area contributed by atoms with Crippen LogP contribution in [0.1, 0.15) is 17.4 Å². The molecule has 3 nitrogen and oxygen atoms in total. The molecule has 6 heteroatoms. The van der Waals surface area contributed by atoms with Gasteiger partial charge in [-0.25, -0.2) is 4.98 Å². The molecule has 0 fully saturated rings. The Balaban J connectivity index is 1.96. The molecule has 0 saturated carbocycles. The summed E-state index contributed by atoms with van der Waals surface area (Å²) in [6, 6.07) is 10.6. The molecule has 1 aromatic carbocycles. The smallest absolute Gasteiger partial charge is 0.111 e. The minimum Gasteiger partial charge on any atom is -0.331 e. The third-order valence-electron chi connectivity index (χ3n) is 3.67. The van der Waals surface area contributed by atoms with Crippen LogP contribution >= 0.6 is 43.2 Å². The number of rotatable bonds is 4. The molecular weight excluding hydrogens is 414 g/mol. The summed E-state index contributed by atoms with van der Waals surface area (Å²) in [6.45, 7) is 0. The quantitative estimate of drug-likeness (QED) is 0.654. The maximum absolute atomic E-state index is 4.76. The Morgan fingerprint density at radius 3 is 2.71 bits per heavy atom. The van der Waals surface area contributed by atoms with E-state index in [2.05, 4.69) is 73.1 Å². The SMILES string of the molecule is CNC(Cc1nc2ccccc2n1C)c1cc(Br)sc1Br. The van der Waals surface area contributed by atoms with Crippen LogP contribution in [0.2, 0.25) is 0 Å². The number of likely N-dealkylation sites (N-methyl/N-ethyl adjacent to an activating group) is 1. The Labute approximate surface area is 144 Å². The molecule has 0 aliphatic heterocycles. The van der Waals surface area contributed by atoms with Crippen molar-refractivity contribution in [3.8, 4) is 0 Å². The van der Waals surface area contributed by atoms with Crippen LogP contribution in [0.5, 0.6) is 0 Å². The normalized spacial score (nSPS) is 13.0. The lowest BCUT2D eigenvalue weighted by Gasteiger charge is -2.15. The lowest BCUT2D eigenvalue weighted by Crippen LogP contribution is -2.20. The number of imidazole rings is 1. The van der Waals surface area contributed by atoms with Gasteiger partial charge < -0.3 is 9.88 Å². The van der Waals surface area contributed by atoms with Crippen LogP contribution < -0.4 is 5.32 Å². The molecule has 0 spiro atoms. The first-order chi connectivity index (χ1) is 10.1. The molecule has 1 N–H and O–H groups in total. The van der Waals surface area contributed by atoms with E-state index in [1.165, 1.54) is 11.1 Å². The Morgan fingerprint density at radius 2 is 2.10 bits per heavy atom. The highest BCUT2D eigenvalue weighted by Crippen LogP contribution is 2.36. The number of fused-ring (bicyclic) bond motifs is 1. The van der Waals surface area contributed by atoms with Gasteiger partial charge in [-0.1, -0.05) is 12.1 Å². The van der Waals surface area contributed by atoms with Gasteiger partial charge in [0, 0.05) is 19.5 Å². The molecule has 3 rings (SSSR count). The van der Waals surface area contributed by atoms with E-state index in [0.29, 0.717) is 0 Å². The second-order valence-corrected chi connectivity index (χ2v) is 8.65. The first kappa shape index (κ1) is 15.2. The van der Waals surface area contributed by atoms with Crippen molar-refractivity contribution in [2.75, 3.05) is 7.05 Å². The molecule has 110 valence electrons. The average molecular weight is 429 g/mol. The zero-order valence-corrected chi connectivity index (χ0v) is 15.7. The molecule has 21 heavy (non-hydrogen) atoms. The third-order valence-corrected chi connectivity index (χ3v) is 6.06. The Bertz CT molecular complexity index is 778. The molecule has 2 aromatic heterocycles. The van der Waals surface area contributed by atoms with Crippen molar-refractivity contribution in [1.29, 1.82) is 0 Å². The molecule has 0 aliphatic rings. The first-order valence-electron chi connectivity index (χ1n) is 6.62. The number of para-hydroxylation sites is 2. The third kappa shape index (κ3) is 2.95. The van der Waals surface area contributed by atoms with Crippen LogP contribution in [0.25, 0.3) is 11.0 Å². The van der Waals surface area contributed by atoms with Crippen molar-refractivity contribution in [3.05, 3.63) is 49.3 Å². The summed E-state index contributed by atoms with van der Waals surface area (Å²) < 4.78 is 4.47. The van der Waals surface area contributed by atoms with E-state index in [1.54, 1.807) is 11.3 Å². The van der Waals surface area contributed by atoms with Gasteiger partial charge in [-0.2, -0.15) is 0 Å². The number of aromatic nitrogens is 2. The number of nitrogens with one attached hydrogen (secondary N) is 1. The maximum atomic E-state index is 4.76. The van der Waals surface area contributed by atoms with Crippen molar-refractivity contribution in [2.45, 2.75) is 12.5 Å². The number of hydrogen-bond acceptors (Lipinski definition) is 3. The lowest BCUT2D eigenvalue weighted by molar-refractivity contribution is 0.565. The van der Waals surface area contributed by atoms with E-state index in [0.717, 1.165) is 25.3 Å². The van der Waals surface area contributed by atoms with Crippen LogP contribution in [0.3, 0.4) is 0 Å². The van der Waals surface area contributed by atoms with E-state index in [9.17, 15) is 0 Å². The van der Waals surface area contributed by atoms with Crippen LogP contribution in [0.15, 0.2) is 37.9 Å². The predicted molar refractivity (Wildman–Crippen MR) is 95.9 cm³/mol. The summed E-state index contributed by atoms with van der Waals surface area (Å²) in [5.41, 5.74) is 3.49. The van der Waals surface area contributed by atoms with E-state index >= 15 is 0 Å². The number of benzene rings is 1. The van der Waals surface area contributed by atoms with Crippen molar-refractivity contribution in [3.63, 3.8) is 0 Å². The maximum Gasteiger partial charge on any atom is 0.111 e. The molecule has 0 amide bonds. The van der Waals surface area contributed by atoms with Gasteiger partial charge in [-0.15, -0.1) is 11.3 Å². The van der Waals surface area contributed by atoms with E-state index in [1.807, 2.05) is 13.1 Å². The van der Waals surface area contributed by atoms with Crippen molar-refractivity contribution < 1.29 is 0 Å². The molecule has 1 atom stereocenters. The largest absolute Gasteiger partial charge is 0.331 e. The van der Waals surface area contributed by atoms with E-state index in [4.69, 9.17) is 4.98 Å². The summed E-state index contributed by atoms with van der Waals surface area (Å²) in [7, 11) is 4.07. The minimum atomic E-state index is 0.234. The van der Waals surface area contributed by atoms with Gasteiger partial charge in [-0.05, 0) is 62.7 Å². The van der Waals surface area contributed by atoms with Crippen LogP contribution in [-0.4, -0.2) is 16.6 Å². The molecule has 2 heterocycles. The zero-order chi connectivity index (χ0) is 15.0.